The highest BCUT2D eigenvalue weighted by molar-refractivity contribution is 7.89. The number of rotatable bonds is 5. The van der Waals surface area contributed by atoms with Crippen molar-refractivity contribution in [3.05, 3.63) is 93.1 Å². The Labute approximate surface area is 204 Å². The molecule has 1 N–H and O–H groups in total. The summed E-state index contributed by atoms with van der Waals surface area (Å²) in [7, 11) is -0.795. The Morgan fingerprint density at radius 1 is 0.914 bits per heavy atom. The van der Waals surface area contributed by atoms with Gasteiger partial charge in [-0.2, -0.15) is 0 Å². The molecule has 0 radical (unpaired) electrons. The van der Waals surface area contributed by atoms with Crippen molar-refractivity contribution in [3.63, 3.8) is 0 Å². The van der Waals surface area contributed by atoms with Gasteiger partial charge in [-0.15, -0.1) is 0 Å². The molecule has 0 aliphatic carbocycles. The topological polar surface area (TPSA) is 96.7 Å². The van der Waals surface area contributed by atoms with Gasteiger partial charge in [0.2, 0.25) is 10.0 Å². The lowest BCUT2D eigenvalue weighted by Gasteiger charge is -2.17. The molecule has 8 heteroatoms. The number of anilines is 1. The minimum atomic E-state index is -3.70. The van der Waals surface area contributed by atoms with Gasteiger partial charge in [-0.05, 0) is 56.2 Å². The lowest BCUT2D eigenvalue weighted by molar-refractivity contribution is 0.102. The maximum atomic E-state index is 13.4. The molecule has 0 saturated carbocycles. The number of fused-ring (bicyclic) bond motifs is 1. The highest BCUT2D eigenvalue weighted by Crippen LogP contribution is 2.29. The number of hydrogen-bond donors (Lipinski definition) is 1. The Morgan fingerprint density at radius 3 is 2.26 bits per heavy atom. The van der Waals surface area contributed by atoms with Gasteiger partial charge in [0, 0.05) is 30.9 Å². The van der Waals surface area contributed by atoms with Crippen LogP contribution in [0.3, 0.4) is 0 Å². The number of carbonyl (C=O) groups is 1. The van der Waals surface area contributed by atoms with Crippen LogP contribution in [0.1, 0.15) is 27.0 Å². The second kappa shape index (κ2) is 9.13. The molecule has 0 saturated heterocycles. The van der Waals surface area contributed by atoms with Gasteiger partial charge in [-0.3, -0.25) is 9.59 Å². The van der Waals surface area contributed by atoms with Crippen molar-refractivity contribution in [1.29, 1.82) is 0 Å². The van der Waals surface area contributed by atoms with Crippen LogP contribution < -0.4 is 10.7 Å². The first-order valence-electron chi connectivity index (χ1n) is 11.0. The second-order valence-electron chi connectivity index (χ2n) is 8.59. The number of nitrogens with zero attached hydrogens (tertiary/aromatic N) is 1. The van der Waals surface area contributed by atoms with Crippen molar-refractivity contribution in [2.45, 2.75) is 25.7 Å². The molecular formula is C27H26N2O5S. The Hall–Kier alpha value is -3.75. The summed E-state index contributed by atoms with van der Waals surface area (Å²) in [6.45, 7) is 5.28. The minimum Gasteiger partial charge on any atom is -0.455 e. The number of hydrogen-bond acceptors (Lipinski definition) is 5. The standard InChI is InChI=1S/C27H26N2O5S/c1-16-14-20(35(32,33)29(4)5)15-23(17(16)2)28-27(31)22-13-9-12-21-24(30)18(3)25(34-26(21)22)19-10-7-6-8-11-19/h6-15H,1-5H3,(H,28,31). The number of nitrogens with one attached hydrogen (secondary N) is 1. The van der Waals surface area contributed by atoms with E-state index in [2.05, 4.69) is 5.32 Å². The van der Waals surface area contributed by atoms with Gasteiger partial charge in [0.15, 0.2) is 11.0 Å². The third-order valence-corrected chi connectivity index (χ3v) is 7.89. The van der Waals surface area contributed by atoms with Crippen LogP contribution in [0.2, 0.25) is 0 Å². The van der Waals surface area contributed by atoms with Gasteiger partial charge >= 0.3 is 0 Å². The highest BCUT2D eigenvalue weighted by atomic mass is 32.2. The zero-order valence-corrected chi connectivity index (χ0v) is 21.0. The van der Waals surface area contributed by atoms with E-state index in [0.29, 0.717) is 22.4 Å². The molecule has 4 rings (SSSR count). The van der Waals surface area contributed by atoms with E-state index in [-0.39, 0.29) is 21.5 Å². The monoisotopic (exact) mass is 490 g/mol. The Morgan fingerprint density at radius 2 is 1.60 bits per heavy atom. The second-order valence-corrected chi connectivity index (χ2v) is 10.7. The molecule has 0 bridgehead atoms. The van der Waals surface area contributed by atoms with E-state index in [1.165, 1.54) is 20.2 Å². The summed E-state index contributed by atoms with van der Waals surface area (Å²) >= 11 is 0. The van der Waals surface area contributed by atoms with Crippen LogP contribution in [0.5, 0.6) is 0 Å². The molecule has 1 amide bonds. The zero-order valence-electron chi connectivity index (χ0n) is 20.2. The van der Waals surface area contributed by atoms with Crippen LogP contribution in [-0.2, 0) is 10.0 Å². The molecular weight excluding hydrogens is 464 g/mol. The first-order valence-corrected chi connectivity index (χ1v) is 12.4. The molecule has 1 heterocycles. The SMILES string of the molecule is Cc1cc(S(=O)(=O)N(C)C)cc(NC(=O)c2cccc3c(=O)c(C)c(-c4ccccc4)oc23)c1C. The van der Waals surface area contributed by atoms with Crippen molar-refractivity contribution >= 4 is 32.6 Å². The molecule has 35 heavy (non-hydrogen) atoms. The molecule has 4 aromatic rings. The summed E-state index contributed by atoms with van der Waals surface area (Å²) in [5.74, 6) is -0.113. The van der Waals surface area contributed by atoms with Crippen molar-refractivity contribution in [2.24, 2.45) is 0 Å². The van der Waals surface area contributed by atoms with Crippen LogP contribution in [0.4, 0.5) is 5.69 Å². The van der Waals surface area contributed by atoms with Crippen LogP contribution >= 0.6 is 0 Å². The van der Waals surface area contributed by atoms with E-state index in [1.807, 2.05) is 30.3 Å². The Balaban J connectivity index is 1.84. The molecule has 0 fully saturated rings. The van der Waals surface area contributed by atoms with Gasteiger partial charge < -0.3 is 9.73 Å². The average Bonchev–Trinajstić information content (AvgIpc) is 2.84. The van der Waals surface area contributed by atoms with E-state index in [4.69, 9.17) is 4.42 Å². The number of carbonyl (C=O) groups excluding carboxylic acids is 1. The molecule has 7 nitrogen and oxygen atoms in total. The molecule has 0 spiro atoms. The maximum Gasteiger partial charge on any atom is 0.259 e. The summed E-state index contributed by atoms with van der Waals surface area (Å²) in [4.78, 5) is 26.6. The maximum absolute atomic E-state index is 13.4. The van der Waals surface area contributed by atoms with Crippen LogP contribution in [0.25, 0.3) is 22.3 Å². The van der Waals surface area contributed by atoms with E-state index in [9.17, 15) is 18.0 Å². The van der Waals surface area contributed by atoms with Gasteiger partial charge in [0.05, 0.1) is 15.8 Å². The highest BCUT2D eigenvalue weighted by Gasteiger charge is 2.22. The molecule has 1 aromatic heterocycles. The summed E-state index contributed by atoms with van der Waals surface area (Å²) in [5, 5.41) is 3.12. The average molecular weight is 491 g/mol. The fraction of sp³-hybridized carbons (Fsp3) is 0.185. The first kappa shape index (κ1) is 24.4. The fourth-order valence-corrected chi connectivity index (χ4v) is 4.87. The van der Waals surface area contributed by atoms with E-state index in [0.717, 1.165) is 21.0 Å². The van der Waals surface area contributed by atoms with Gasteiger partial charge in [-0.25, -0.2) is 12.7 Å². The molecule has 0 unspecified atom stereocenters. The Bertz CT molecular complexity index is 1620. The van der Waals surface area contributed by atoms with Crippen molar-refractivity contribution in [2.75, 3.05) is 19.4 Å². The lowest BCUT2D eigenvalue weighted by Crippen LogP contribution is -2.23. The molecule has 0 aliphatic rings. The normalized spacial score (nSPS) is 11.7. The third-order valence-electron chi connectivity index (χ3n) is 6.09. The zero-order chi connectivity index (χ0) is 25.5. The predicted octanol–water partition coefficient (Wildman–Crippen LogP) is 4.89. The number of benzene rings is 3. The van der Waals surface area contributed by atoms with Crippen LogP contribution in [0.15, 0.2) is 74.8 Å². The molecule has 180 valence electrons. The number of aryl methyl sites for hydroxylation is 1. The molecule has 0 aliphatic heterocycles. The van der Waals surface area contributed by atoms with Crippen LogP contribution in [-0.4, -0.2) is 32.7 Å². The summed E-state index contributed by atoms with van der Waals surface area (Å²) < 4.78 is 32.6. The summed E-state index contributed by atoms with van der Waals surface area (Å²) in [6, 6.07) is 17.1. The van der Waals surface area contributed by atoms with Crippen molar-refractivity contribution in [1.82, 2.24) is 4.31 Å². The van der Waals surface area contributed by atoms with Gasteiger partial charge in [0.1, 0.15) is 5.76 Å². The third kappa shape index (κ3) is 4.38. The molecule has 0 atom stereocenters. The number of sulfonamides is 1. The smallest absolute Gasteiger partial charge is 0.259 e. The molecule has 3 aromatic carbocycles. The van der Waals surface area contributed by atoms with E-state index >= 15 is 0 Å². The first-order chi connectivity index (χ1) is 16.5. The van der Waals surface area contributed by atoms with Crippen LogP contribution in [0, 0.1) is 20.8 Å². The van der Waals surface area contributed by atoms with E-state index in [1.54, 1.807) is 45.0 Å². The van der Waals surface area contributed by atoms with Gasteiger partial charge in [-0.1, -0.05) is 36.4 Å². The number of amides is 1. The van der Waals surface area contributed by atoms with E-state index < -0.39 is 15.9 Å². The fourth-order valence-electron chi connectivity index (χ4n) is 3.86. The number of para-hydroxylation sites is 1. The largest absolute Gasteiger partial charge is 0.455 e. The Kier molecular flexibility index (Phi) is 6.36. The van der Waals surface area contributed by atoms with Crippen molar-refractivity contribution in [3.8, 4) is 11.3 Å². The lowest BCUT2D eigenvalue weighted by atomic mass is 10.0. The summed E-state index contributed by atoms with van der Waals surface area (Å²) in [6.07, 6.45) is 0. The quantitative estimate of drug-likeness (QED) is 0.430. The summed E-state index contributed by atoms with van der Waals surface area (Å²) in [5.41, 5.74) is 3.13. The van der Waals surface area contributed by atoms with Gasteiger partial charge in [0.25, 0.3) is 5.91 Å². The van der Waals surface area contributed by atoms with Crippen molar-refractivity contribution < 1.29 is 17.6 Å². The predicted molar refractivity (Wildman–Crippen MR) is 137 cm³/mol. The minimum absolute atomic E-state index is 0.0762.